The number of fused-ring (bicyclic) bond motifs is 2. The summed E-state index contributed by atoms with van der Waals surface area (Å²) in [6, 6.07) is 60.2. The molecule has 35 heteroatoms. The van der Waals surface area contributed by atoms with Crippen LogP contribution in [0.1, 0.15) is 122 Å². The van der Waals surface area contributed by atoms with Gasteiger partial charge in [-0.2, -0.15) is 40.1 Å². The molecule has 2 amide bonds. The molecule has 2 aliphatic rings. The molecule has 10 aromatic heterocycles. The molecule has 0 saturated carbocycles. The van der Waals surface area contributed by atoms with Gasteiger partial charge in [0.1, 0.15) is 24.3 Å². The molecule has 0 aliphatic carbocycles. The smallest absolute Gasteiger partial charge is 0.255 e. The Hall–Kier alpha value is -17.7. The van der Waals surface area contributed by atoms with Crippen molar-refractivity contribution in [2.75, 3.05) is 67.9 Å². The number of Topliss-reactive ketones (excluding diaryl/α,β-unsaturated/α-hetero) is 3. The topological polar surface area (TPSA) is 430 Å². The Labute approximate surface area is 805 Å². The summed E-state index contributed by atoms with van der Waals surface area (Å²) in [6.45, 7) is 17.6. The summed E-state index contributed by atoms with van der Waals surface area (Å²) in [7, 11) is 3.68. The number of ketones is 3. The van der Waals surface area contributed by atoms with Crippen molar-refractivity contribution in [3.63, 3.8) is 0 Å². The van der Waals surface area contributed by atoms with Gasteiger partial charge in [0, 0.05) is 176 Å². The quantitative estimate of drug-likeness (QED) is 0.0246. The van der Waals surface area contributed by atoms with Gasteiger partial charge in [-0.3, -0.25) is 52.4 Å². The number of anilines is 12. The Morgan fingerprint density at radius 1 is 0.379 bits per heavy atom. The van der Waals surface area contributed by atoms with Crippen molar-refractivity contribution in [1.29, 1.82) is 0 Å². The Morgan fingerprint density at radius 3 is 1.17 bits per heavy atom. The number of hydrogen-bond acceptors (Lipinski definition) is 29. The predicted octanol–water partition coefficient (Wildman–Crippen LogP) is 16.8. The summed E-state index contributed by atoms with van der Waals surface area (Å²) < 4.78 is 6.81. The van der Waals surface area contributed by atoms with Crippen molar-refractivity contribution in [3.8, 4) is 34.7 Å². The van der Waals surface area contributed by atoms with E-state index in [2.05, 4.69) is 102 Å². The number of hydrogen-bond donors (Lipinski definition) is 8. The molecule has 12 heterocycles. The standard InChI is InChI=1S/C28H24N6O2.C27H24N6O.2C25H26N8O2/c1-17-6-9-21(25(36)13-19-7-10-20(11-8-19)18(2)35)14-24(17)31-27-23-16-30-34(3)28(23)33-26(32-27)22-5-4-12-29-15-22;1-17-6-4-7-19(12-17)13-24(34)20-10-9-18(2)23(14-20)30-26-22-16-29-33(3)27(22)32-25(31-26)21-8-5-11-28-15-21;2*1-16-4-3-5-19(12-16)27-22(35)18-7-6-17(2)21(13-18)28-23-29-24(32-10-8-20(34)14-32)31-25(30-23)33-11-9-26-15-33/h4-12,14-16H,13H2,1-3H3,(H,31,32,33);4-12,14-16H,13H2,1-3H3,(H,30,31,32);2*3-7,9,11-13,15,20,34H,8,10,14H2,1-2H3,(H,27,35)(H,28,29,30,31)/t;;2*20-/m..10/s1. The highest BCUT2D eigenvalue weighted by molar-refractivity contribution is 6.06. The van der Waals surface area contributed by atoms with Crippen LogP contribution in [0.3, 0.4) is 0 Å². The number of aromatic nitrogens is 20. The molecule has 2 aliphatic heterocycles. The number of imidazole rings is 2. The number of carbonyl (C=O) groups excluding carboxylic acids is 5. The van der Waals surface area contributed by atoms with Crippen LogP contribution in [0.5, 0.6) is 0 Å². The van der Waals surface area contributed by atoms with E-state index < -0.39 is 12.2 Å². The maximum Gasteiger partial charge on any atom is 0.255 e. The van der Waals surface area contributed by atoms with Crippen molar-refractivity contribution in [3.05, 3.63) is 347 Å². The van der Waals surface area contributed by atoms with Crippen LogP contribution >= 0.6 is 0 Å². The van der Waals surface area contributed by atoms with E-state index >= 15 is 0 Å². The number of amides is 2. The summed E-state index contributed by atoms with van der Waals surface area (Å²) in [5.41, 5.74) is 19.3. The third-order valence-corrected chi connectivity index (χ3v) is 23.5. The molecule has 702 valence electrons. The second-order valence-corrected chi connectivity index (χ2v) is 34.2. The number of benzene rings is 8. The van der Waals surface area contributed by atoms with Crippen LogP contribution in [0.15, 0.2) is 269 Å². The molecule has 0 spiro atoms. The van der Waals surface area contributed by atoms with Gasteiger partial charge >= 0.3 is 0 Å². The van der Waals surface area contributed by atoms with Gasteiger partial charge in [-0.25, -0.2) is 29.9 Å². The first kappa shape index (κ1) is 94.1. The number of pyridine rings is 2. The lowest BCUT2D eigenvalue weighted by atomic mass is 9.99. The zero-order chi connectivity index (χ0) is 97.6. The van der Waals surface area contributed by atoms with Gasteiger partial charge in [-0.15, -0.1) is 0 Å². The van der Waals surface area contributed by atoms with Crippen LogP contribution < -0.4 is 41.7 Å². The molecule has 0 radical (unpaired) electrons. The van der Waals surface area contributed by atoms with Crippen molar-refractivity contribution >= 4 is 121 Å². The van der Waals surface area contributed by atoms with Crippen LogP contribution in [0.4, 0.5) is 69.6 Å². The van der Waals surface area contributed by atoms with E-state index in [1.165, 1.54) is 6.92 Å². The minimum atomic E-state index is -0.411. The first-order valence-electron chi connectivity index (χ1n) is 45.3. The zero-order valence-corrected chi connectivity index (χ0v) is 78.5. The second-order valence-electron chi connectivity index (χ2n) is 34.2. The van der Waals surface area contributed by atoms with E-state index in [9.17, 15) is 34.2 Å². The third kappa shape index (κ3) is 23.1. The molecule has 2 atom stereocenters. The maximum atomic E-state index is 13.1. The molecule has 0 unspecified atom stereocenters. The van der Waals surface area contributed by atoms with Gasteiger partial charge in [-0.05, 0) is 198 Å². The molecule has 20 rings (SSSR count). The first-order chi connectivity index (χ1) is 67.7. The number of aliphatic hydroxyl groups is 2. The van der Waals surface area contributed by atoms with E-state index in [4.69, 9.17) is 9.97 Å². The largest absolute Gasteiger partial charge is 0.391 e. The fraction of sp³-hybridized carbons (Fsp3) is 0.190. The number of nitrogens with one attached hydrogen (secondary N) is 6. The maximum absolute atomic E-state index is 13.1. The third-order valence-electron chi connectivity index (χ3n) is 23.5. The number of carbonyl (C=O) groups is 5. The highest BCUT2D eigenvalue weighted by Crippen LogP contribution is 2.35. The summed E-state index contributed by atoms with van der Waals surface area (Å²) in [5, 5.41) is 49.4. The molecule has 8 aromatic carbocycles. The minimum Gasteiger partial charge on any atom is -0.391 e. The molecule has 2 fully saturated rings. The molecule has 8 N–H and O–H groups in total. The van der Waals surface area contributed by atoms with Gasteiger partial charge in [0.2, 0.25) is 35.7 Å². The first-order valence-corrected chi connectivity index (χ1v) is 45.3. The van der Waals surface area contributed by atoms with Crippen molar-refractivity contribution in [1.82, 2.24) is 98.5 Å². The summed E-state index contributed by atoms with van der Waals surface area (Å²) in [4.78, 5) is 130. The Bertz CT molecular complexity index is 7380. The average molecular weight is 1870 g/mol. The van der Waals surface area contributed by atoms with E-state index in [0.29, 0.717) is 155 Å². The molecular formula is C105H100N28O7. The zero-order valence-electron chi connectivity index (χ0n) is 78.5. The predicted molar refractivity (Wildman–Crippen MR) is 538 cm³/mol. The lowest BCUT2D eigenvalue weighted by Gasteiger charge is -2.18. The van der Waals surface area contributed by atoms with Gasteiger partial charge < -0.3 is 51.9 Å². The van der Waals surface area contributed by atoms with Crippen LogP contribution in [0.25, 0.3) is 56.7 Å². The van der Waals surface area contributed by atoms with Crippen molar-refractivity contribution in [2.45, 2.75) is 93.3 Å². The molecule has 35 nitrogen and oxygen atoms in total. The van der Waals surface area contributed by atoms with E-state index in [0.717, 1.165) is 94.7 Å². The van der Waals surface area contributed by atoms with Gasteiger partial charge in [0.05, 0.1) is 35.4 Å². The van der Waals surface area contributed by atoms with Crippen LogP contribution in [-0.2, 0) is 26.9 Å². The monoisotopic (exact) mass is 1860 g/mol. The van der Waals surface area contributed by atoms with Crippen molar-refractivity contribution < 1.29 is 34.2 Å². The van der Waals surface area contributed by atoms with Crippen LogP contribution in [-0.4, -0.2) is 176 Å². The number of nitrogens with zero attached hydrogens (tertiary/aromatic N) is 22. The molecule has 0 bridgehead atoms. The fourth-order valence-electron chi connectivity index (χ4n) is 15.7. The Balaban J connectivity index is 0.000000129. The Kier molecular flexibility index (Phi) is 28.5. The second kappa shape index (κ2) is 42.5. The summed E-state index contributed by atoms with van der Waals surface area (Å²) in [6.07, 6.45) is 21.5. The van der Waals surface area contributed by atoms with Crippen molar-refractivity contribution in [2.24, 2.45) is 14.1 Å². The average Bonchev–Trinajstić information content (AvgIpc) is 1.60. The van der Waals surface area contributed by atoms with E-state index in [1.807, 2.05) is 230 Å². The SMILES string of the molecule is CC(=O)c1ccc(CC(=O)c2ccc(C)c(Nc3nc(-c4cccnc4)nc4c3cnn4C)c2)cc1.Cc1cccc(CC(=O)c2ccc(C)c(Nc3nc(-c4cccnc4)nc4c3cnn4C)c2)c1.Cc1cccc(NC(=O)c2ccc(C)c(Nc3nc(N4CC[C@@H](O)C4)nc(-n4ccnc4)n3)c2)c1.Cc1cccc(NC(=O)c2ccc(C)c(Nc3nc(N4CC[C@H](O)C4)nc(-n4ccnc4)n3)c2)c1. The lowest BCUT2D eigenvalue weighted by Crippen LogP contribution is -2.24. The lowest BCUT2D eigenvalue weighted by molar-refractivity contribution is 0.0984. The molecular weight excluding hydrogens is 1770 g/mol. The molecule has 18 aromatic rings. The van der Waals surface area contributed by atoms with E-state index in [-0.39, 0.29) is 35.6 Å². The Morgan fingerprint density at radius 2 is 0.779 bits per heavy atom. The number of rotatable bonds is 25. The number of aryl methyl sites for hydroxylation is 9. The minimum absolute atomic E-state index is 0.00116. The van der Waals surface area contributed by atoms with Gasteiger partial charge in [0.15, 0.2) is 40.3 Å². The fourth-order valence-corrected chi connectivity index (χ4v) is 15.7. The highest BCUT2D eigenvalue weighted by Gasteiger charge is 2.28. The van der Waals surface area contributed by atoms with Crippen LogP contribution in [0.2, 0.25) is 0 Å². The normalized spacial score (nSPS) is 13.1. The molecule has 2 saturated heterocycles. The van der Waals surface area contributed by atoms with Gasteiger partial charge in [0.25, 0.3) is 11.8 Å². The van der Waals surface area contributed by atoms with Gasteiger partial charge in [-0.1, -0.05) is 115 Å². The highest BCUT2D eigenvalue weighted by atomic mass is 16.3. The summed E-state index contributed by atoms with van der Waals surface area (Å²) in [5.74, 6) is 4.35. The number of β-amino-alcohol motifs (C(OH)–C–C–N with tert-alkyl or cyclic N) is 2. The van der Waals surface area contributed by atoms with Crippen LogP contribution in [0, 0.1) is 48.5 Å². The molecule has 140 heavy (non-hydrogen) atoms. The number of aliphatic hydroxyl groups excluding tert-OH is 2. The van der Waals surface area contributed by atoms with E-state index in [1.54, 1.807) is 130 Å². The summed E-state index contributed by atoms with van der Waals surface area (Å²) >= 11 is 0.